The van der Waals surface area contributed by atoms with E-state index in [1.807, 2.05) is 24.3 Å². The quantitative estimate of drug-likeness (QED) is 0.639. The molecule has 4 rings (SSSR count). The van der Waals surface area contributed by atoms with Crippen molar-refractivity contribution < 1.29 is 14.3 Å². The Labute approximate surface area is 156 Å². The molecule has 0 spiro atoms. The smallest absolute Gasteiger partial charge is 0.308 e. The number of ether oxygens (including phenoxy) is 2. The molecular formula is C19H21N5O3. The second-order valence-electron chi connectivity index (χ2n) is 6.80. The molecule has 3 aromatic rings. The number of carbonyl (C=O) groups excluding carboxylic acids is 1. The van der Waals surface area contributed by atoms with E-state index in [1.165, 1.54) is 7.11 Å². The predicted octanol–water partition coefficient (Wildman–Crippen LogP) is 2.35. The van der Waals surface area contributed by atoms with Crippen LogP contribution in [0.1, 0.15) is 25.1 Å². The Morgan fingerprint density at radius 1 is 1.22 bits per heavy atom. The molecule has 2 atom stereocenters. The normalized spacial score (nSPS) is 19.3. The van der Waals surface area contributed by atoms with Crippen LogP contribution in [0.25, 0.3) is 16.9 Å². The third-order valence-corrected chi connectivity index (χ3v) is 5.11. The third-order valence-electron chi connectivity index (χ3n) is 5.11. The summed E-state index contributed by atoms with van der Waals surface area (Å²) in [6, 6.07) is 7.56. The molecule has 140 valence electrons. The van der Waals surface area contributed by atoms with Crippen molar-refractivity contribution in [3.63, 3.8) is 0 Å². The molecule has 0 radical (unpaired) electrons. The summed E-state index contributed by atoms with van der Waals surface area (Å²) in [4.78, 5) is 20.8. The summed E-state index contributed by atoms with van der Waals surface area (Å²) >= 11 is 0. The first kappa shape index (κ1) is 17.4. The Hall–Kier alpha value is -3.03. The predicted molar refractivity (Wildman–Crippen MR) is 97.6 cm³/mol. The van der Waals surface area contributed by atoms with Crippen LogP contribution in [0.3, 0.4) is 0 Å². The van der Waals surface area contributed by atoms with E-state index in [1.54, 1.807) is 18.0 Å². The van der Waals surface area contributed by atoms with Crippen LogP contribution in [0, 0.1) is 11.8 Å². The van der Waals surface area contributed by atoms with E-state index >= 15 is 0 Å². The average molecular weight is 367 g/mol. The fraction of sp³-hybridized carbons (Fsp3) is 0.421. The van der Waals surface area contributed by atoms with Gasteiger partial charge in [-0.15, -0.1) is 5.10 Å². The van der Waals surface area contributed by atoms with Crippen molar-refractivity contribution in [2.75, 3.05) is 14.2 Å². The van der Waals surface area contributed by atoms with E-state index in [2.05, 4.69) is 20.3 Å². The SMILES string of the molecule is COC(=O)[C@@H]1CC[C@@H](Cc2ncc3nnn(-c4ccc(OC)cc4)c3n2)C1. The maximum atomic E-state index is 11.7. The zero-order valence-corrected chi connectivity index (χ0v) is 15.3. The summed E-state index contributed by atoms with van der Waals surface area (Å²) in [7, 11) is 3.08. The lowest BCUT2D eigenvalue weighted by Gasteiger charge is -2.09. The van der Waals surface area contributed by atoms with Crippen LogP contribution in [-0.2, 0) is 16.0 Å². The maximum absolute atomic E-state index is 11.7. The molecule has 1 aliphatic carbocycles. The molecule has 0 saturated heterocycles. The van der Waals surface area contributed by atoms with Crippen LogP contribution >= 0.6 is 0 Å². The summed E-state index contributed by atoms with van der Waals surface area (Å²) in [6.45, 7) is 0. The van der Waals surface area contributed by atoms with Gasteiger partial charge >= 0.3 is 5.97 Å². The van der Waals surface area contributed by atoms with Gasteiger partial charge in [0, 0.05) is 6.42 Å². The van der Waals surface area contributed by atoms with Crippen molar-refractivity contribution in [1.82, 2.24) is 25.0 Å². The number of aromatic nitrogens is 5. The molecule has 0 unspecified atom stereocenters. The Balaban J connectivity index is 1.56. The van der Waals surface area contributed by atoms with Gasteiger partial charge in [0.05, 0.1) is 32.0 Å². The average Bonchev–Trinajstić information content (AvgIpc) is 3.34. The lowest BCUT2D eigenvalue weighted by molar-refractivity contribution is -0.145. The Morgan fingerprint density at radius 2 is 2.04 bits per heavy atom. The standard InChI is InChI=1S/C19H21N5O3/c1-26-15-7-5-14(6-8-15)24-18-16(22-23-24)11-20-17(21-18)10-12-3-4-13(9-12)19(25)27-2/h5-8,11-13H,3-4,9-10H2,1-2H3/t12-,13-/m1/s1. The summed E-state index contributed by atoms with van der Waals surface area (Å²) in [5, 5.41) is 8.35. The van der Waals surface area contributed by atoms with Crippen molar-refractivity contribution >= 4 is 17.1 Å². The summed E-state index contributed by atoms with van der Waals surface area (Å²) in [5.74, 6) is 1.79. The molecule has 0 aliphatic heterocycles. The monoisotopic (exact) mass is 367 g/mol. The maximum Gasteiger partial charge on any atom is 0.308 e. The van der Waals surface area contributed by atoms with Crippen LogP contribution < -0.4 is 4.74 Å². The zero-order valence-electron chi connectivity index (χ0n) is 15.3. The van der Waals surface area contributed by atoms with Crippen LogP contribution in [0.2, 0.25) is 0 Å². The Morgan fingerprint density at radius 3 is 2.78 bits per heavy atom. The second kappa shape index (κ2) is 7.30. The van der Waals surface area contributed by atoms with E-state index in [4.69, 9.17) is 9.47 Å². The third kappa shape index (κ3) is 3.47. The number of hydrogen-bond acceptors (Lipinski definition) is 7. The molecule has 1 saturated carbocycles. The van der Waals surface area contributed by atoms with E-state index in [0.29, 0.717) is 17.1 Å². The first-order chi connectivity index (χ1) is 13.2. The molecule has 2 aromatic heterocycles. The van der Waals surface area contributed by atoms with Crippen molar-refractivity contribution in [1.29, 1.82) is 0 Å². The minimum absolute atomic E-state index is 0.00442. The number of esters is 1. The van der Waals surface area contributed by atoms with Gasteiger partial charge < -0.3 is 9.47 Å². The van der Waals surface area contributed by atoms with Gasteiger partial charge in [0.25, 0.3) is 0 Å². The number of carbonyl (C=O) groups is 1. The fourth-order valence-electron chi connectivity index (χ4n) is 3.66. The second-order valence-corrected chi connectivity index (χ2v) is 6.80. The summed E-state index contributed by atoms with van der Waals surface area (Å²) in [6.07, 6.45) is 5.11. The molecule has 2 heterocycles. The molecule has 0 amide bonds. The van der Waals surface area contributed by atoms with Gasteiger partial charge in [-0.3, -0.25) is 4.79 Å². The molecule has 8 heteroatoms. The largest absolute Gasteiger partial charge is 0.497 e. The highest BCUT2D eigenvalue weighted by Crippen LogP contribution is 2.33. The van der Waals surface area contributed by atoms with Crippen LogP contribution in [0.4, 0.5) is 0 Å². The number of nitrogens with zero attached hydrogens (tertiary/aromatic N) is 5. The van der Waals surface area contributed by atoms with Gasteiger partial charge in [-0.1, -0.05) is 5.21 Å². The summed E-state index contributed by atoms with van der Waals surface area (Å²) in [5.41, 5.74) is 2.18. The van der Waals surface area contributed by atoms with E-state index in [0.717, 1.165) is 42.9 Å². The van der Waals surface area contributed by atoms with E-state index < -0.39 is 0 Å². The minimum atomic E-state index is -0.115. The van der Waals surface area contributed by atoms with Gasteiger partial charge in [0.15, 0.2) is 11.2 Å². The van der Waals surface area contributed by atoms with E-state index in [9.17, 15) is 4.79 Å². The number of methoxy groups -OCH3 is 2. The van der Waals surface area contributed by atoms with Crippen molar-refractivity contribution in [2.45, 2.75) is 25.7 Å². The van der Waals surface area contributed by atoms with Crippen molar-refractivity contribution in [3.05, 3.63) is 36.3 Å². The first-order valence-electron chi connectivity index (χ1n) is 8.97. The Bertz CT molecular complexity index is 954. The van der Waals surface area contributed by atoms with Gasteiger partial charge in [-0.25, -0.2) is 9.97 Å². The number of hydrogen-bond donors (Lipinski definition) is 0. The first-order valence-corrected chi connectivity index (χ1v) is 8.97. The molecule has 1 aromatic carbocycles. The molecule has 1 fully saturated rings. The lowest BCUT2D eigenvalue weighted by atomic mass is 10.0. The Kier molecular flexibility index (Phi) is 4.70. The van der Waals surface area contributed by atoms with Gasteiger partial charge in [0.2, 0.25) is 0 Å². The highest BCUT2D eigenvalue weighted by atomic mass is 16.5. The van der Waals surface area contributed by atoms with Crippen molar-refractivity contribution in [2.24, 2.45) is 11.8 Å². The highest BCUT2D eigenvalue weighted by Gasteiger charge is 2.31. The highest BCUT2D eigenvalue weighted by molar-refractivity contribution is 5.72. The number of rotatable bonds is 5. The molecule has 27 heavy (non-hydrogen) atoms. The van der Waals surface area contributed by atoms with Crippen LogP contribution in [0.15, 0.2) is 30.5 Å². The topological polar surface area (TPSA) is 92.0 Å². The van der Waals surface area contributed by atoms with Crippen molar-refractivity contribution in [3.8, 4) is 11.4 Å². The van der Waals surface area contributed by atoms with Crippen LogP contribution in [-0.4, -0.2) is 45.2 Å². The van der Waals surface area contributed by atoms with Crippen LogP contribution in [0.5, 0.6) is 5.75 Å². The minimum Gasteiger partial charge on any atom is -0.497 e. The fourth-order valence-corrected chi connectivity index (χ4v) is 3.66. The molecule has 1 aliphatic rings. The molecule has 0 bridgehead atoms. The lowest BCUT2D eigenvalue weighted by Crippen LogP contribution is -2.13. The van der Waals surface area contributed by atoms with Gasteiger partial charge in [-0.05, 0) is 49.4 Å². The molecule has 0 N–H and O–H groups in total. The molecular weight excluding hydrogens is 346 g/mol. The number of fused-ring (bicyclic) bond motifs is 1. The zero-order chi connectivity index (χ0) is 18.8. The van der Waals surface area contributed by atoms with Gasteiger partial charge in [0.1, 0.15) is 11.6 Å². The molecule has 8 nitrogen and oxygen atoms in total. The van der Waals surface area contributed by atoms with E-state index in [-0.39, 0.29) is 11.9 Å². The van der Waals surface area contributed by atoms with Gasteiger partial charge in [-0.2, -0.15) is 4.68 Å². The summed E-state index contributed by atoms with van der Waals surface area (Å²) < 4.78 is 11.8. The number of benzene rings is 1.